The Kier molecular flexibility index (Phi) is 3.00. The van der Waals surface area contributed by atoms with Crippen LogP contribution in [0.1, 0.15) is 30.1 Å². The zero-order chi connectivity index (χ0) is 10.8. The van der Waals surface area contributed by atoms with Crippen molar-refractivity contribution in [2.24, 2.45) is 0 Å². The second kappa shape index (κ2) is 4.27. The summed E-state index contributed by atoms with van der Waals surface area (Å²) in [5.74, 6) is 0.116. The fourth-order valence-corrected chi connectivity index (χ4v) is 2.30. The summed E-state index contributed by atoms with van der Waals surface area (Å²) in [7, 11) is 0. The molecule has 1 aliphatic heterocycles. The highest BCUT2D eigenvalue weighted by molar-refractivity contribution is 7.80. The van der Waals surface area contributed by atoms with E-state index < -0.39 is 0 Å². The average molecular weight is 221 g/mol. The van der Waals surface area contributed by atoms with Gasteiger partial charge in [0.05, 0.1) is 5.56 Å². The van der Waals surface area contributed by atoms with Gasteiger partial charge in [0, 0.05) is 17.5 Å². The molecule has 2 nitrogen and oxygen atoms in total. The highest BCUT2D eigenvalue weighted by atomic mass is 32.1. The van der Waals surface area contributed by atoms with Crippen LogP contribution in [0.2, 0.25) is 0 Å². The van der Waals surface area contributed by atoms with Gasteiger partial charge in [0.25, 0.3) is 5.91 Å². The first kappa shape index (κ1) is 10.6. The Hall–Kier alpha value is -0.960. The summed E-state index contributed by atoms with van der Waals surface area (Å²) in [5, 5.41) is 0. The van der Waals surface area contributed by atoms with Crippen molar-refractivity contribution >= 4 is 18.5 Å². The molecule has 80 valence electrons. The number of rotatable bonds is 1. The fourth-order valence-electron chi connectivity index (χ4n) is 2.04. The van der Waals surface area contributed by atoms with Crippen LogP contribution in [-0.2, 0) is 0 Å². The van der Waals surface area contributed by atoms with Crippen molar-refractivity contribution in [3.05, 3.63) is 29.8 Å². The third-order valence-corrected chi connectivity index (χ3v) is 3.34. The zero-order valence-corrected chi connectivity index (χ0v) is 9.71. The molecule has 1 fully saturated rings. The van der Waals surface area contributed by atoms with Crippen LogP contribution >= 0.6 is 12.6 Å². The SMILES string of the molecule is CC1CCCN1C(=O)c1ccccc1S. The first-order chi connectivity index (χ1) is 7.20. The predicted octanol–water partition coefficient (Wildman–Crippen LogP) is 2.60. The summed E-state index contributed by atoms with van der Waals surface area (Å²) in [5.41, 5.74) is 0.717. The van der Waals surface area contributed by atoms with E-state index in [9.17, 15) is 4.79 Å². The van der Waals surface area contributed by atoms with Crippen LogP contribution in [0.5, 0.6) is 0 Å². The molecule has 1 unspecified atom stereocenters. The summed E-state index contributed by atoms with van der Waals surface area (Å²) in [6, 6.07) is 7.85. The summed E-state index contributed by atoms with van der Waals surface area (Å²) in [6.45, 7) is 2.98. The maximum atomic E-state index is 12.2. The van der Waals surface area contributed by atoms with Crippen molar-refractivity contribution in [2.75, 3.05) is 6.54 Å². The van der Waals surface area contributed by atoms with Gasteiger partial charge in [0.15, 0.2) is 0 Å². The maximum absolute atomic E-state index is 12.2. The van der Waals surface area contributed by atoms with Gasteiger partial charge in [-0.25, -0.2) is 0 Å². The van der Waals surface area contributed by atoms with E-state index in [2.05, 4.69) is 19.6 Å². The highest BCUT2D eigenvalue weighted by Crippen LogP contribution is 2.22. The van der Waals surface area contributed by atoms with Gasteiger partial charge in [-0.1, -0.05) is 12.1 Å². The Balaban J connectivity index is 2.24. The van der Waals surface area contributed by atoms with Crippen molar-refractivity contribution in [3.8, 4) is 0 Å². The molecule has 0 aromatic heterocycles. The Morgan fingerprint density at radius 3 is 2.80 bits per heavy atom. The monoisotopic (exact) mass is 221 g/mol. The standard InChI is InChI=1S/C12H15NOS/c1-9-5-4-8-13(9)12(14)10-6-2-3-7-11(10)15/h2-3,6-7,9,15H,4-5,8H2,1H3. The van der Waals surface area contributed by atoms with E-state index in [1.54, 1.807) is 0 Å². The normalized spacial score (nSPS) is 20.7. The molecule has 3 heteroatoms. The van der Waals surface area contributed by atoms with E-state index >= 15 is 0 Å². The van der Waals surface area contributed by atoms with Gasteiger partial charge in [0.2, 0.25) is 0 Å². The molecule has 0 N–H and O–H groups in total. The maximum Gasteiger partial charge on any atom is 0.255 e. The number of hydrogen-bond acceptors (Lipinski definition) is 2. The Morgan fingerprint density at radius 2 is 2.20 bits per heavy atom. The Morgan fingerprint density at radius 1 is 1.47 bits per heavy atom. The molecule has 1 aromatic carbocycles. The molecular formula is C12H15NOS. The van der Waals surface area contributed by atoms with Crippen molar-refractivity contribution in [3.63, 3.8) is 0 Å². The summed E-state index contributed by atoms with van der Waals surface area (Å²) < 4.78 is 0. The van der Waals surface area contributed by atoms with Crippen molar-refractivity contribution in [2.45, 2.75) is 30.7 Å². The molecule has 1 heterocycles. The van der Waals surface area contributed by atoms with Crippen LogP contribution in [0.4, 0.5) is 0 Å². The van der Waals surface area contributed by atoms with Crippen molar-refractivity contribution < 1.29 is 4.79 Å². The number of amides is 1. The molecule has 1 saturated heterocycles. The predicted molar refractivity (Wildman–Crippen MR) is 63.4 cm³/mol. The molecule has 1 aromatic rings. The molecule has 0 saturated carbocycles. The van der Waals surface area contributed by atoms with Gasteiger partial charge < -0.3 is 4.90 Å². The lowest BCUT2D eigenvalue weighted by atomic mass is 10.2. The van der Waals surface area contributed by atoms with Gasteiger partial charge >= 0.3 is 0 Å². The van der Waals surface area contributed by atoms with Gasteiger partial charge in [-0.15, -0.1) is 12.6 Å². The molecule has 0 bridgehead atoms. The van der Waals surface area contributed by atoms with Gasteiger partial charge in [-0.2, -0.15) is 0 Å². The first-order valence-corrected chi connectivity index (χ1v) is 5.74. The van der Waals surface area contributed by atoms with E-state index in [1.165, 1.54) is 0 Å². The molecule has 1 amide bonds. The quantitative estimate of drug-likeness (QED) is 0.723. The van der Waals surface area contributed by atoms with Crippen molar-refractivity contribution in [1.82, 2.24) is 4.90 Å². The van der Waals surface area contributed by atoms with Crippen molar-refractivity contribution in [1.29, 1.82) is 0 Å². The minimum Gasteiger partial charge on any atom is -0.336 e. The molecule has 0 aliphatic carbocycles. The number of carbonyl (C=O) groups is 1. The molecule has 15 heavy (non-hydrogen) atoms. The molecule has 2 rings (SSSR count). The summed E-state index contributed by atoms with van der Waals surface area (Å²) >= 11 is 4.31. The Labute approximate surface area is 95.7 Å². The third kappa shape index (κ3) is 2.02. The summed E-state index contributed by atoms with van der Waals surface area (Å²) in [6.07, 6.45) is 2.22. The highest BCUT2D eigenvalue weighted by Gasteiger charge is 2.26. The van der Waals surface area contributed by atoms with Crippen LogP contribution in [0.25, 0.3) is 0 Å². The molecular weight excluding hydrogens is 206 g/mol. The Bertz CT molecular complexity index is 378. The second-order valence-electron chi connectivity index (χ2n) is 4.01. The van der Waals surface area contributed by atoms with Crippen LogP contribution in [-0.4, -0.2) is 23.4 Å². The van der Waals surface area contributed by atoms with E-state index in [0.29, 0.717) is 6.04 Å². The third-order valence-electron chi connectivity index (χ3n) is 2.95. The number of nitrogens with zero attached hydrogens (tertiary/aromatic N) is 1. The lowest BCUT2D eigenvalue weighted by Crippen LogP contribution is -2.33. The molecule has 0 spiro atoms. The average Bonchev–Trinajstić information content (AvgIpc) is 2.64. The zero-order valence-electron chi connectivity index (χ0n) is 8.81. The molecule has 1 atom stereocenters. The van der Waals surface area contributed by atoms with Crippen LogP contribution in [0.15, 0.2) is 29.2 Å². The van der Waals surface area contributed by atoms with E-state index in [0.717, 1.165) is 29.8 Å². The van der Waals surface area contributed by atoms with E-state index in [-0.39, 0.29) is 5.91 Å². The molecule has 0 radical (unpaired) electrons. The smallest absolute Gasteiger partial charge is 0.255 e. The number of likely N-dealkylation sites (tertiary alicyclic amines) is 1. The van der Waals surface area contributed by atoms with E-state index in [1.807, 2.05) is 29.2 Å². The lowest BCUT2D eigenvalue weighted by Gasteiger charge is -2.22. The number of benzene rings is 1. The van der Waals surface area contributed by atoms with Gasteiger partial charge in [-0.05, 0) is 31.9 Å². The minimum atomic E-state index is 0.116. The first-order valence-electron chi connectivity index (χ1n) is 5.29. The number of carbonyl (C=O) groups excluding carboxylic acids is 1. The van der Waals surface area contributed by atoms with Crippen LogP contribution < -0.4 is 0 Å². The largest absolute Gasteiger partial charge is 0.336 e. The van der Waals surface area contributed by atoms with Gasteiger partial charge in [0.1, 0.15) is 0 Å². The van der Waals surface area contributed by atoms with Crippen LogP contribution in [0.3, 0.4) is 0 Å². The lowest BCUT2D eigenvalue weighted by molar-refractivity contribution is 0.0744. The second-order valence-corrected chi connectivity index (χ2v) is 4.49. The van der Waals surface area contributed by atoms with Crippen LogP contribution in [0, 0.1) is 0 Å². The molecule has 1 aliphatic rings. The van der Waals surface area contributed by atoms with E-state index in [4.69, 9.17) is 0 Å². The summed E-state index contributed by atoms with van der Waals surface area (Å²) in [4.78, 5) is 14.9. The van der Waals surface area contributed by atoms with Gasteiger partial charge in [-0.3, -0.25) is 4.79 Å². The number of thiol groups is 1. The minimum absolute atomic E-state index is 0.116. The fraction of sp³-hybridized carbons (Fsp3) is 0.417. The number of hydrogen-bond donors (Lipinski definition) is 1. The topological polar surface area (TPSA) is 20.3 Å².